The van der Waals surface area contributed by atoms with Crippen LogP contribution in [0.5, 0.6) is 0 Å². The van der Waals surface area contributed by atoms with Crippen molar-refractivity contribution < 1.29 is 14.4 Å². The number of aryl methyl sites for hydroxylation is 2. The Morgan fingerprint density at radius 1 is 1.33 bits per heavy atom. The normalized spacial score (nSPS) is 10.3. The summed E-state index contributed by atoms with van der Waals surface area (Å²) in [6.45, 7) is 3.99. The van der Waals surface area contributed by atoms with Gasteiger partial charge in [0.15, 0.2) is 5.76 Å². The fourth-order valence-electron chi connectivity index (χ4n) is 1.56. The van der Waals surface area contributed by atoms with Crippen LogP contribution < -0.4 is 5.32 Å². The molecule has 0 unspecified atom stereocenters. The zero-order chi connectivity index (χ0) is 13.1. The first-order valence-electron chi connectivity index (χ1n) is 5.42. The van der Waals surface area contributed by atoms with Crippen LogP contribution in [0.4, 0.5) is 5.82 Å². The fraction of sp³-hybridized carbons (Fsp3) is 0.250. The number of rotatable bonds is 4. The molecule has 0 radical (unpaired) electrons. The molecule has 0 saturated carbocycles. The summed E-state index contributed by atoms with van der Waals surface area (Å²) in [7, 11) is 0. The van der Waals surface area contributed by atoms with E-state index in [1.165, 1.54) is 12.1 Å². The number of nitrogens with zero attached hydrogens (tertiary/aromatic N) is 2. The number of carboxylic acids is 1. The molecule has 0 saturated heterocycles. The second kappa shape index (κ2) is 4.87. The van der Waals surface area contributed by atoms with Crippen LogP contribution in [0.1, 0.15) is 27.5 Å². The molecule has 0 fully saturated rings. The van der Waals surface area contributed by atoms with E-state index in [4.69, 9.17) is 9.63 Å². The molecule has 0 aliphatic carbocycles. The van der Waals surface area contributed by atoms with Gasteiger partial charge in [-0.1, -0.05) is 5.16 Å². The number of carboxylic acid groups (broad SMARTS) is 1. The highest BCUT2D eigenvalue weighted by molar-refractivity contribution is 5.88. The van der Waals surface area contributed by atoms with Crippen molar-refractivity contribution in [2.45, 2.75) is 20.4 Å². The minimum Gasteiger partial charge on any atom is -0.478 e. The zero-order valence-electron chi connectivity index (χ0n) is 10.1. The van der Waals surface area contributed by atoms with Crippen LogP contribution in [0.25, 0.3) is 0 Å². The number of aromatic nitrogens is 2. The SMILES string of the molecule is Cc1cc(CNc2cc(C(=O)O)cc(C)n2)on1. The average molecular weight is 247 g/mol. The number of carbonyl (C=O) groups is 1. The van der Waals surface area contributed by atoms with E-state index in [1.807, 2.05) is 6.92 Å². The molecule has 94 valence electrons. The summed E-state index contributed by atoms with van der Waals surface area (Å²) in [5.41, 5.74) is 1.65. The molecule has 0 amide bonds. The van der Waals surface area contributed by atoms with Crippen molar-refractivity contribution >= 4 is 11.8 Å². The van der Waals surface area contributed by atoms with Crippen molar-refractivity contribution in [3.8, 4) is 0 Å². The molecule has 0 aliphatic heterocycles. The molecule has 18 heavy (non-hydrogen) atoms. The lowest BCUT2D eigenvalue weighted by Crippen LogP contribution is -2.05. The molecular formula is C12H13N3O3. The molecule has 0 bridgehead atoms. The summed E-state index contributed by atoms with van der Waals surface area (Å²) in [5, 5.41) is 15.7. The summed E-state index contributed by atoms with van der Waals surface area (Å²) < 4.78 is 5.04. The number of hydrogen-bond donors (Lipinski definition) is 2. The smallest absolute Gasteiger partial charge is 0.335 e. The van der Waals surface area contributed by atoms with Crippen molar-refractivity contribution in [3.05, 3.63) is 40.9 Å². The van der Waals surface area contributed by atoms with Crippen LogP contribution in [0.2, 0.25) is 0 Å². The molecule has 2 aromatic rings. The van der Waals surface area contributed by atoms with E-state index in [1.54, 1.807) is 13.0 Å². The lowest BCUT2D eigenvalue weighted by molar-refractivity contribution is 0.0696. The van der Waals surface area contributed by atoms with Crippen LogP contribution in [0.3, 0.4) is 0 Å². The number of pyridine rings is 1. The summed E-state index contributed by atoms with van der Waals surface area (Å²) in [5.74, 6) is 0.202. The van der Waals surface area contributed by atoms with Crippen LogP contribution in [0.15, 0.2) is 22.7 Å². The van der Waals surface area contributed by atoms with Gasteiger partial charge in [-0.2, -0.15) is 0 Å². The Morgan fingerprint density at radius 2 is 2.11 bits per heavy atom. The Balaban J connectivity index is 2.11. The summed E-state index contributed by atoms with van der Waals surface area (Å²) in [4.78, 5) is 15.1. The molecule has 0 aromatic carbocycles. The second-order valence-electron chi connectivity index (χ2n) is 3.98. The van der Waals surface area contributed by atoms with Gasteiger partial charge in [0.25, 0.3) is 0 Å². The average Bonchev–Trinajstić information content (AvgIpc) is 2.72. The summed E-state index contributed by atoms with van der Waals surface area (Å²) >= 11 is 0. The van der Waals surface area contributed by atoms with Crippen molar-refractivity contribution in [1.29, 1.82) is 0 Å². The van der Waals surface area contributed by atoms with Crippen LogP contribution in [0, 0.1) is 13.8 Å². The molecule has 6 nitrogen and oxygen atoms in total. The lowest BCUT2D eigenvalue weighted by Gasteiger charge is -2.05. The maximum absolute atomic E-state index is 10.9. The first-order chi connectivity index (χ1) is 8.54. The van der Waals surface area contributed by atoms with Gasteiger partial charge >= 0.3 is 5.97 Å². The molecule has 0 aliphatic rings. The molecule has 6 heteroatoms. The van der Waals surface area contributed by atoms with E-state index >= 15 is 0 Å². The van der Waals surface area contributed by atoms with Crippen LogP contribution >= 0.6 is 0 Å². The van der Waals surface area contributed by atoms with Crippen molar-refractivity contribution in [2.75, 3.05) is 5.32 Å². The largest absolute Gasteiger partial charge is 0.478 e. The highest BCUT2D eigenvalue weighted by atomic mass is 16.5. The van der Waals surface area contributed by atoms with Gasteiger partial charge < -0.3 is 14.9 Å². The topological polar surface area (TPSA) is 88.2 Å². The Labute approximate surface area is 104 Å². The van der Waals surface area contributed by atoms with Crippen LogP contribution in [-0.2, 0) is 6.54 Å². The Bertz CT molecular complexity index is 578. The third-order valence-corrected chi connectivity index (χ3v) is 2.32. The van der Waals surface area contributed by atoms with Gasteiger partial charge in [0.2, 0.25) is 0 Å². The molecular weight excluding hydrogens is 234 g/mol. The predicted molar refractivity (Wildman–Crippen MR) is 64.5 cm³/mol. The third-order valence-electron chi connectivity index (χ3n) is 2.32. The molecule has 0 spiro atoms. The number of nitrogens with one attached hydrogen (secondary N) is 1. The van der Waals surface area contributed by atoms with Crippen LogP contribution in [-0.4, -0.2) is 21.2 Å². The third kappa shape index (κ3) is 2.85. The maximum Gasteiger partial charge on any atom is 0.335 e. The molecule has 0 atom stereocenters. The van der Waals surface area contributed by atoms with Gasteiger partial charge in [0.05, 0.1) is 17.8 Å². The second-order valence-corrected chi connectivity index (χ2v) is 3.98. The van der Waals surface area contributed by atoms with Gasteiger partial charge in [-0.3, -0.25) is 0 Å². The van der Waals surface area contributed by atoms with E-state index < -0.39 is 5.97 Å². The predicted octanol–water partition coefficient (Wildman–Crippen LogP) is 2.00. The van der Waals surface area contributed by atoms with Gasteiger partial charge in [0, 0.05) is 11.8 Å². The summed E-state index contributed by atoms with van der Waals surface area (Å²) in [6, 6.07) is 4.81. The van der Waals surface area contributed by atoms with E-state index in [0.717, 1.165) is 5.69 Å². The Hall–Kier alpha value is -2.37. The highest BCUT2D eigenvalue weighted by Gasteiger charge is 2.07. The first-order valence-corrected chi connectivity index (χ1v) is 5.42. The summed E-state index contributed by atoms with van der Waals surface area (Å²) in [6.07, 6.45) is 0. The van der Waals surface area contributed by atoms with E-state index in [0.29, 0.717) is 23.8 Å². The van der Waals surface area contributed by atoms with Gasteiger partial charge in [-0.25, -0.2) is 9.78 Å². The van der Waals surface area contributed by atoms with E-state index in [2.05, 4.69) is 15.5 Å². The van der Waals surface area contributed by atoms with Crippen molar-refractivity contribution in [2.24, 2.45) is 0 Å². The minimum atomic E-state index is -0.973. The molecule has 2 heterocycles. The Morgan fingerprint density at radius 3 is 2.72 bits per heavy atom. The quantitative estimate of drug-likeness (QED) is 0.859. The monoisotopic (exact) mass is 247 g/mol. The number of hydrogen-bond acceptors (Lipinski definition) is 5. The fourth-order valence-corrected chi connectivity index (χ4v) is 1.56. The van der Waals surface area contributed by atoms with Gasteiger partial charge in [0.1, 0.15) is 5.82 Å². The Kier molecular flexibility index (Phi) is 3.27. The van der Waals surface area contributed by atoms with Crippen molar-refractivity contribution in [1.82, 2.24) is 10.1 Å². The first kappa shape index (κ1) is 12.1. The van der Waals surface area contributed by atoms with Gasteiger partial charge in [-0.15, -0.1) is 0 Å². The van der Waals surface area contributed by atoms with Crippen molar-refractivity contribution in [3.63, 3.8) is 0 Å². The maximum atomic E-state index is 10.9. The number of aromatic carboxylic acids is 1. The van der Waals surface area contributed by atoms with E-state index in [-0.39, 0.29) is 5.56 Å². The highest BCUT2D eigenvalue weighted by Crippen LogP contribution is 2.12. The van der Waals surface area contributed by atoms with Gasteiger partial charge in [-0.05, 0) is 26.0 Å². The molecule has 2 aromatic heterocycles. The lowest BCUT2D eigenvalue weighted by atomic mass is 10.2. The van der Waals surface area contributed by atoms with E-state index in [9.17, 15) is 4.79 Å². The molecule has 2 N–H and O–H groups in total. The minimum absolute atomic E-state index is 0.207. The molecule has 2 rings (SSSR count). The standard InChI is InChI=1S/C12H13N3O3/c1-7-3-9(12(16)17)5-11(14-7)13-6-10-4-8(2)15-18-10/h3-5H,6H2,1-2H3,(H,13,14)(H,16,17). The number of anilines is 1. The zero-order valence-corrected chi connectivity index (χ0v) is 10.1.